The zero-order valence-corrected chi connectivity index (χ0v) is 13.2. The van der Waals surface area contributed by atoms with Crippen LogP contribution >= 0.6 is 0 Å². The summed E-state index contributed by atoms with van der Waals surface area (Å²) in [5.41, 5.74) is 0.534. The first-order valence-electron chi connectivity index (χ1n) is 7.21. The summed E-state index contributed by atoms with van der Waals surface area (Å²) in [6.07, 6.45) is 3.26. The zero-order chi connectivity index (χ0) is 16.6. The molecule has 2 N–H and O–H groups in total. The van der Waals surface area contributed by atoms with E-state index in [0.717, 1.165) is 18.1 Å². The van der Waals surface area contributed by atoms with Crippen LogP contribution < -0.4 is 5.32 Å². The molecule has 0 radical (unpaired) electrons. The molecule has 0 aromatic heterocycles. The summed E-state index contributed by atoms with van der Waals surface area (Å²) in [5, 5.41) is 11.4. The third-order valence-electron chi connectivity index (χ3n) is 2.76. The fourth-order valence-electron chi connectivity index (χ4n) is 1.84. The first-order valence-corrected chi connectivity index (χ1v) is 7.21. The number of alkyl carbamates (subject to hydrolysis) is 1. The quantitative estimate of drug-likeness (QED) is 0.792. The summed E-state index contributed by atoms with van der Waals surface area (Å²) in [6.45, 7) is 5.33. The Morgan fingerprint density at radius 1 is 1.27 bits per heavy atom. The highest BCUT2D eigenvalue weighted by molar-refractivity contribution is 5.80. The molecule has 5 heteroatoms. The third kappa shape index (κ3) is 8.09. The second-order valence-corrected chi connectivity index (χ2v) is 5.97. The molecule has 0 heterocycles. The minimum Gasteiger partial charge on any atom is -0.478 e. The van der Waals surface area contributed by atoms with Crippen LogP contribution in [0.5, 0.6) is 0 Å². The van der Waals surface area contributed by atoms with E-state index in [0.29, 0.717) is 6.42 Å². The van der Waals surface area contributed by atoms with Crippen molar-refractivity contribution in [1.29, 1.82) is 0 Å². The van der Waals surface area contributed by atoms with E-state index >= 15 is 0 Å². The van der Waals surface area contributed by atoms with E-state index in [4.69, 9.17) is 9.84 Å². The molecule has 1 aromatic rings. The average molecular weight is 305 g/mol. The van der Waals surface area contributed by atoms with Crippen LogP contribution in [0.15, 0.2) is 42.5 Å². The summed E-state index contributed by atoms with van der Waals surface area (Å²) in [7, 11) is 0. The van der Waals surface area contributed by atoms with Crippen molar-refractivity contribution in [2.75, 3.05) is 0 Å². The van der Waals surface area contributed by atoms with Gasteiger partial charge in [-0.2, -0.15) is 0 Å². The van der Waals surface area contributed by atoms with Gasteiger partial charge in [-0.1, -0.05) is 36.4 Å². The summed E-state index contributed by atoms with van der Waals surface area (Å²) in [5.74, 6) is -1.05. The number of amides is 1. The number of benzene rings is 1. The average Bonchev–Trinajstić information content (AvgIpc) is 2.41. The van der Waals surface area contributed by atoms with Gasteiger partial charge in [-0.15, -0.1) is 0 Å². The van der Waals surface area contributed by atoms with Crippen molar-refractivity contribution in [2.45, 2.75) is 45.3 Å². The van der Waals surface area contributed by atoms with Crippen LogP contribution in [0.4, 0.5) is 4.79 Å². The lowest BCUT2D eigenvalue weighted by Crippen LogP contribution is -2.38. The van der Waals surface area contributed by atoms with Crippen LogP contribution in [0.2, 0.25) is 0 Å². The highest BCUT2D eigenvalue weighted by Gasteiger charge is 2.18. The van der Waals surface area contributed by atoms with Crippen LogP contribution in [0.1, 0.15) is 32.8 Å². The van der Waals surface area contributed by atoms with Gasteiger partial charge in [0.1, 0.15) is 5.60 Å². The normalized spacial score (nSPS) is 12.9. The van der Waals surface area contributed by atoms with Crippen molar-refractivity contribution in [3.05, 3.63) is 48.0 Å². The van der Waals surface area contributed by atoms with E-state index in [2.05, 4.69) is 5.32 Å². The molecule has 1 aromatic carbocycles. The molecule has 0 aliphatic heterocycles. The molecule has 1 rings (SSSR count). The van der Waals surface area contributed by atoms with Crippen molar-refractivity contribution < 1.29 is 19.4 Å². The zero-order valence-electron chi connectivity index (χ0n) is 13.2. The van der Waals surface area contributed by atoms with E-state index in [-0.39, 0.29) is 0 Å². The predicted octanol–water partition coefficient (Wildman–Crippen LogP) is 3.15. The Labute approximate surface area is 131 Å². The molecule has 0 bridgehead atoms. The summed E-state index contributed by atoms with van der Waals surface area (Å²) < 4.78 is 5.20. The Bertz CT molecular complexity index is 517. The highest BCUT2D eigenvalue weighted by atomic mass is 16.6. The van der Waals surface area contributed by atoms with Gasteiger partial charge in [0.2, 0.25) is 0 Å². The van der Waals surface area contributed by atoms with Gasteiger partial charge < -0.3 is 15.2 Å². The first-order chi connectivity index (χ1) is 10.3. The van der Waals surface area contributed by atoms with Gasteiger partial charge in [0.25, 0.3) is 0 Å². The van der Waals surface area contributed by atoms with Gasteiger partial charge in [-0.25, -0.2) is 9.59 Å². The van der Waals surface area contributed by atoms with Crippen molar-refractivity contribution in [1.82, 2.24) is 5.32 Å². The Balaban J connectivity index is 2.63. The van der Waals surface area contributed by atoms with Crippen LogP contribution in [0.25, 0.3) is 0 Å². The number of carbonyl (C=O) groups excluding carboxylic acids is 1. The Morgan fingerprint density at radius 3 is 2.45 bits per heavy atom. The molecule has 0 saturated carbocycles. The molecule has 0 aliphatic carbocycles. The van der Waals surface area contributed by atoms with E-state index in [1.807, 2.05) is 30.3 Å². The summed E-state index contributed by atoms with van der Waals surface area (Å²) >= 11 is 0. The molecule has 1 amide bonds. The van der Waals surface area contributed by atoms with Crippen molar-refractivity contribution in [3.8, 4) is 0 Å². The maximum absolute atomic E-state index is 11.8. The molecule has 0 saturated heterocycles. The lowest BCUT2D eigenvalue weighted by molar-refractivity contribution is -0.131. The van der Waals surface area contributed by atoms with Crippen molar-refractivity contribution in [3.63, 3.8) is 0 Å². The molecule has 0 spiro atoms. The molecular weight excluding hydrogens is 282 g/mol. The fraction of sp³-hybridized carbons (Fsp3) is 0.412. The standard InChI is InChI=1S/C17H23NO4/c1-17(2,3)22-16(21)18-14(11-12-15(19)20)10-9-13-7-5-4-6-8-13/h4-8,11-12,14H,9-10H2,1-3H3,(H,18,21)(H,19,20)/b12-11+/t14-/m0/s1. The maximum Gasteiger partial charge on any atom is 0.408 e. The van der Waals surface area contributed by atoms with Crippen LogP contribution in [-0.4, -0.2) is 28.8 Å². The SMILES string of the molecule is CC(C)(C)OC(=O)N[C@H](/C=C/C(=O)O)CCc1ccccc1. The largest absolute Gasteiger partial charge is 0.478 e. The van der Waals surface area contributed by atoms with Crippen LogP contribution in [0.3, 0.4) is 0 Å². The number of aliphatic carboxylic acids is 1. The van der Waals surface area contributed by atoms with Crippen LogP contribution in [-0.2, 0) is 16.0 Å². The molecule has 0 unspecified atom stereocenters. The lowest BCUT2D eigenvalue weighted by atomic mass is 10.0. The fourth-order valence-corrected chi connectivity index (χ4v) is 1.84. The Kier molecular flexibility index (Phi) is 6.63. The number of hydrogen-bond acceptors (Lipinski definition) is 3. The topological polar surface area (TPSA) is 75.6 Å². The number of carbonyl (C=O) groups is 2. The van der Waals surface area contributed by atoms with E-state index in [1.165, 1.54) is 6.08 Å². The van der Waals surface area contributed by atoms with Crippen LogP contribution in [0, 0.1) is 0 Å². The van der Waals surface area contributed by atoms with E-state index in [1.54, 1.807) is 20.8 Å². The minimum atomic E-state index is -1.05. The number of hydrogen-bond donors (Lipinski definition) is 2. The minimum absolute atomic E-state index is 0.397. The molecule has 0 fully saturated rings. The van der Waals surface area contributed by atoms with Gasteiger partial charge in [0, 0.05) is 6.08 Å². The smallest absolute Gasteiger partial charge is 0.408 e. The number of ether oxygens (including phenoxy) is 1. The van der Waals surface area contributed by atoms with Crippen molar-refractivity contribution >= 4 is 12.1 Å². The Morgan fingerprint density at radius 2 is 1.91 bits per heavy atom. The number of rotatable bonds is 6. The number of carboxylic acids is 1. The molecular formula is C17H23NO4. The summed E-state index contributed by atoms with van der Waals surface area (Å²) in [4.78, 5) is 22.5. The number of nitrogens with one attached hydrogen (secondary N) is 1. The molecule has 1 atom stereocenters. The molecule has 22 heavy (non-hydrogen) atoms. The van der Waals surface area contributed by atoms with Crippen molar-refractivity contribution in [2.24, 2.45) is 0 Å². The Hall–Kier alpha value is -2.30. The molecule has 0 aliphatic rings. The molecule has 5 nitrogen and oxygen atoms in total. The number of aryl methyl sites for hydroxylation is 1. The predicted molar refractivity (Wildman–Crippen MR) is 84.7 cm³/mol. The monoisotopic (exact) mass is 305 g/mol. The van der Waals surface area contributed by atoms with Gasteiger partial charge >= 0.3 is 12.1 Å². The lowest BCUT2D eigenvalue weighted by Gasteiger charge is -2.22. The van der Waals surface area contributed by atoms with Gasteiger partial charge in [0.05, 0.1) is 6.04 Å². The van der Waals surface area contributed by atoms with Gasteiger partial charge in [0.15, 0.2) is 0 Å². The second-order valence-electron chi connectivity index (χ2n) is 5.97. The van der Waals surface area contributed by atoms with E-state index in [9.17, 15) is 9.59 Å². The van der Waals surface area contributed by atoms with Gasteiger partial charge in [-0.3, -0.25) is 0 Å². The second kappa shape index (κ2) is 8.22. The van der Waals surface area contributed by atoms with Gasteiger partial charge in [-0.05, 0) is 39.2 Å². The summed E-state index contributed by atoms with van der Waals surface area (Å²) in [6, 6.07) is 9.41. The van der Waals surface area contributed by atoms with E-state index < -0.39 is 23.7 Å². The molecule has 120 valence electrons. The third-order valence-corrected chi connectivity index (χ3v) is 2.76. The number of carboxylic acid groups (broad SMARTS) is 1. The first kappa shape index (κ1) is 17.8. The maximum atomic E-state index is 11.8. The highest BCUT2D eigenvalue weighted by Crippen LogP contribution is 2.09.